The molecule has 2 aromatic rings. The van der Waals surface area contributed by atoms with Crippen LogP contribution in [-0.2, 0) is 27.4 Å². The molecular formula is C14H18N2O4. The van der Waals surface area contributed by atoms with Crippen molar-refractivity contribution in [3.05, 3.63) is 30.1 Å². The van der Waals surface area contributed by atoms with E-state index < -0.39 is 0 Å². The average Bonchev–Trinajstić information content (AvgIpc) is 2.82. The van der Waals surface area contributed by atoms with Gasteiger partial charge in [-0.05, 0) is 19.1 Å². The predicted octanol–water partition coefficient (Wildman–Crippen LogP) is 1.11. The van der Waals surface area contributed by atoms with E-state index in [4.69, 9.17) is 9.47 Å². The summed E-state index contributed by atoms with van der Waals surface area (Å²) in [5.41, 5.74) is 1.55. The third-order valence-electron chi connectivity index (χ3n) is 2.86. The summed E-state index contributed by atoms with van der Waals surface area (Å²) < 4.78 is 11.8. The van der Waals surface area contributed by atoms with Crippen LogP contribution in [0.25, 0.3) is 11.0 Å². The van der Waals surface area contributed by atoms with E-state index in [-0.39, 0.29) is 25.7 Å². The molecule has 1 N–H and O–H groups in total. The van der Waals surface area contributed by atoms with Crippen molar-refractivity contribution in [3.63, 3.8) is 0 Å². The van der Waals surface area contributed by atoms with Gasteiger partial charge in [0.25, 0.3) is 0 Å². The minimum atomic E-state index is -0.373. The fourth-order valence-electron chi connectivity index (χ4n) is 1.96. The van der Waals surface area contributed by atoms with Gasteiger partial charge in [0, 0.05) is 6.61 Å². The molecule has 6 heteroatoms. The summed E-state index contributed by atoms with van der Waals surface area (Å²) in [5.74, 6) is 0.0792. The highest BCUT2D eigenvalue weighted by molar-refractivity contribution is 5.78. The van der Waals surface area contributed by atoms with Crippen molar-refractivity contribution in [2.24, 2.45) is 0 Å². The third-order valence-corrected chi connectivity index (χ3v) is 2.86. The molecule has 6 nitrogen and oxygen atoms in total. The summed E-state index contributed by atoms with van der Waals surface area (Å²) in [6, 6.07) is 7.42. The number of ether oxygens (including phenoxy) is 2. The quantitative estimate of drug-likeness (QED) is 0.606. The molecule has 1 aromatic heterocycles. The fraction of sp³-hybridized carbons (Fsp3) is 0.429. The van der Waals surface area contributed by atoms with Crippen LogP contribution in [0.4, 0.5) is 0 Å². The summed E-state index contributed by atoms with van der Waals surface area (Å²) in [7, 11) is 0. The number of fused-ring (bicyclic) bond motifs is 1. The fourth-order valence-corrected chi connectivity index (χ4v) is 1.96. The topological polar surface area (TPSA) is 73.6 Å². The molecule has 20 heavy (non-hydrogen) atoms. The van der Waals surface area contributed by atoms with Crippen molar-refractivity contribution in [1.82, 2.24) is 9.55 Å². The molecular weight excluding hydrogens is 260 g/mol. The number of hydrogen-bond acceptors (Lipinski definition) is 5. The minimum Gasteiger partial charge on any atom is -0.462 e. The van der Waals surface area contributed by atoms with Gasteiger partial charge in [0.1, 0.15) is 25.6 Å². The number of imidazole rings is 1. The molecule has 0 amide bonds. The Kier molecular flexibility index (Phi) is 5.09. The highest BCUT2D eigenvalue weighted by Gasteiger charge is 2.13. The van der Waals surface area contributed by atoms with Gasteiger partial charge in [0.05, 0.1) is 17.6 Å². The zero-order chi connectivity index (χ0) is 14.4. The van der Waals surface area contributed by atoms with Crippen LogP contribution >= 0.6 is 0 Å². The first-order valence-electron chi connectivity index (χ1n) is 6.54. The van der Waals surface area contributed by atoms with E-state index in [1.807, 2.05) is 31.2 Å². The maximum absolute atomic E-state index is 11.8. The number of aliphatic hydroxyl groups is 1. The number of hydrogen-bond donors (Lipinski definition) is 1. The molecule has 0 spiro atoms. The number of benzene rings is 1. The van der Waals surface area contributed by atoms with Crippen LogP contribution < -0.4 is 0 Å². The van der Waals surface area contributed by atoms with Crippen molar-refractivity contribution in [2.75, 3.05) is 19.8 Å². The highest BCUT2D eigenvalue weighted by Crippen LogP contribution is 2.16. The molecule has 0 aliphatic carbocycles. The molecule has 0 aliphatic rings. The molecule has 0 unspecified atom stereocenters. The first kappa shape index (κ1) is 14.5. The second-order valence-electron chi connectivity index (χ2n) is 4.18. The zero-order valence-electron chi connectivity index (χ0n) is 11.4. The maximum atomic E-state index is 11.8. The standard InChI is InChI=1S/C14H18N2O4/c1-2-19-7-8-20-14(18)9-16-12-6-4-3-5-11(12)15-13(16)10-17/h3-6,17H,2,7-10H2,1H3. The van der Waals surface area contributed by atoms with Crippen molar-refractivity contribution in [1.29, 1.82) is 0 Å². The van der Waals surface area contributed by atoms with Gasteiger partial charge >= 0.3 is 5.97 Å². The SMILES string of the molecule is CCOCCOC(=O)Cn1c(CO)nc2ccccc21. The Morgan fingerprint density at radius 3 is 2.90 bits per heavy atom. The molecule has 0 atom stereocenters. The molecule has 0 aliphatic heterocycles. The largest absolute Gasteiger partial charge is 0.462 e. The Morgan fingerprint density at radius 1 is 1.35 bits per heavy atom. The van der Waals surface area contributed by atoms with Crippen LogP contribution in [0.3, 0.4) is 0 Å². The second kappa shape index (κ2) is 7.02. The van der Waals surface area contributed by atoms with Crippen LogP contribution in [0.1, 0.15) is 12.7 Å². The van der Waals surface area contributed by atoms with E-state index in [0.717, 1.165) is 11.0 Å². The van der Waals surface area contributed by atoms with Gasteiger partial charge in [-0.2, -0.15) is 0 Å². The first-order chi connectivity index (χ1) is 9.76. The maximum Gasteiger partial charge on any atom is 0.326 e. The summed E-state index contributed by atoms with van der Waals surface area (Å²) in [6.07, 6.45) is 0. The van der Waals surface area contributed by atoms with Crippen molar-refractivity contribution < 1.29 is 19.4 Å². The molecule has 0 bridgehead atoms. The Morgan fingerprint density at radius 2 is 2.15 bits per heavy atom. The highest BCUT2D eigenvalue weighted by atomic mass is 16.6. The van der Waals surface area contributed by atoms with E-state index in [1.165, 1.54) is 0 Å². The van der Waals surface area contributed by atoms with Crippen LogP contribution in [0.15, 0.2) is 24.3 Å². The van der Waals surface area contributed by atoms with E-state index in [9.17, 15) is 9.90 Å². The molecule has 0 saturated heterocycles. The Bertz CT molecular complexity index is 580. The number of para-hydroxylation sites is 2. The van der Waals surface area contributed by atoms with E-state index >= 15 is 0 Å². The van der Waals surface area contributed by atoms with Crippen LogP contribution in [-0.4, -0.2) is 40.4 Å². The van der Waals surface area contributed by atoms with Crippen molar-refractivity contribution in [3.8, 4) is 0 Å². The van der Waals surface area contributed by atoms with Gasteiger partial charge in [-0.25, -0.2) is 4.98 Å². The average molecular weight is 278 g/mol. The van der Waals surface area contributed by atoms with Crippen molar-refractivity contribution >= 4 is 17.0 Å². The Balaban J connectivity index is 2.06. The lowest BCUT2D eigenvalue weighted by Crippen LogP contribution is -2.18. The number of nitrogens with zero attached hydrogens (tertiary/aromatic N) is 2. The molecule has 1 heterocycles. The van der Waals surface area contributed by atoms with E-state index in [1.54, 1.807) is 4.57 Å². The third kappa shape index (κ3) is 3.34. The summed E-state index contributed by atoms with van der Waals surface area (Å²) >= 11 is 0. The van der Waals surface area contributed by atoms with Crippen molar-refractivity contribution in [2.45, 2.75) is 20.1 Å². The van der Waals surface area contributed by atoms with E-state index in [0.29, 0.717) is 19.0 Å². The minimum absolute atomic E-state index is 0.0303. The lowest BCUT2D eigenvalue weighted by atomic mass is 10.3. The Labute approximate surface area is 116 Å². The van der Waals surface area contributed by atoms with E-state index in [2.05, 4.69) is 4.98 Å². The van der Waals surface area contributed by atoms with Gasteiger partial charge < -0.3 is 19.1 Å². The number of aliphatic hydroxyl groups excluding tert-OH is 1. The van der Waals surface area contributed by atoms with Gasteiger partial charge in [-0.15, -0.1) is 0 Å². The van der Waals surface area contributed by atoms with Gasteiger partial charge in [0.2, 0.25) is 0 Å². The molecule has 2 rings (SSSR count). The summed E-state index contributed by atoms with van der Waals surface area (Å²) in [5, 5.41) is 9.32. The lowest BCUT2D eigenvalue weighted by Gasteiger charge is -2.08. The molecule has 0 saturated carbocycles. The number of aromatic nitrogens is 2. The molecule has 108 valence electrons. The molecule has 0 radical (unpaired) electrons. The smallest absolute Gasteiger partial charge is 0.326 e. The zero-order valence-corrected chi connectivity index (χ0v) is 11.4. The first-order valence-corrected chi connectivity index (χ1v) is 6.54. The van der Waals surface area contributed by atoms with Crippen LogP contribution in [0, 0.1) is 0 Å². The van der Waals surface area contributed by atoms with Crippen LogP contribution in [0.5, 0.6) is 0 Å². The predicted molar refractivity (Wildman–Crippen MR) is 73.1 cm³/mol. The second-order valence-corrected chi connectivity index (χ2v) is 4.18. The van der Waals surface area contributed by atoms with Gasteiger partial charge in [-0.1, -0.05) is 12.1 Å². The normalized spacial score (nSPS) is 10.9. The van der Waals surface area contributed by atoms with Gasteiger partial charge in [-0.3, -0.25) is 4.79 Å². The number of esters is 1. The Hall–Kier alpha value is -1.92. The summed E-state index contributed by atoms with van der Waals surface area (Å²) in [4.78, 5) is 16.1. The number of carbonyl (C=O) groups excluding carboxylic acids is 1. The monoisotopic (exact) mass is 278 g/mol. The number of rotatable bonds is 7. The van der Waals surface area contributed by atoms with Gasteiger partial charge in [0.15, 0.2) is 0 Å². The number of carbonyl (C=O) groups is 1. The summed E-state index contributed by atoms with van der Waals surface area (Å²) in [6.45, 7) is 2.91. The lowest BCUT2D eigenvalue weighted by molar-refractivity contribution is -0.145. The molecule has 0 fully saturated rings. The molecule has 1 aromatic carbocycles. The van der Waals surface area contributed by atoms with Crippen LogP contribution in [0.2, 0.25) is 0 Å².